The van der Waals surface area contributed by atoms with Crippen molar-refractivity contribution in [3.63, 3.8) is 0 Å². The molecule has 15 aromatic rings. The fraction of sp³-hybridized carbons (Fsp3) is 0. The van der Waals surface area contributed by atoms with Crippen molar-refractivity contribution in [3.8, 4) is 156 Å². The van der Waals surface area contributed by atoms with Gasteiger partial charge in [-0.15, -0.1) is 0 Å². The van der Waals surface area contributed by atoms with E-state index >= 15 is 0 Å². The molecule has 0 aliphatic carbocycles. The molecular weight excluding hydrogens is 1090 g/mol. The highest BCUT2D eigenvalue weighted by molar-refractivity contribution is 5.88. The largest absolute Gasteiger partial charge is 0.264 e. The SMILES string of the molecule is c1cncc(-c2cccc(-c3cc(-c4cccc(-c5cccnc5)c4)cc(-c4cccc(-c5ccc(-c6cccc(-c7ccc(-c8cccc(-c9cc(-c%10cccc(-c%11cccnc%11)c%10)cc(-c%10cccc(-c%11cccnc%11)c%10)c9)c8)cn7)c6)nc5)c4)c3)c2)c1. The van der Waals surface area contributed by atoms with Crippen molar-refractivity contribution >= 4 is 0 Å². The normalized spacial score (nSPS) is 11.1. The fourth-order valence-electron chi connectivity index (χ4n) is 12.0. The van der Waals surface area contributed by atoms with Gasteiger partial charge in [0.2, 0.25) is 0 Å². The molecule has 0 N–H and O–H groups in total. The molecule has 0 bridgehead atoms. The van der Waals surface area contributed by atoms with Gasteiger partial charge >= 0.3 is 0 Å². The Labute approximate surface area is 524 Å². The third kappa shape index (κ3) is 11.8. The Morgan fingerprint density at radius 1 is 0.133 bits per heavy atom. The maximum Gasteiger partial charge on any atom is 0.0702 e. The zero-order valence-corrected chi connectivity index (χ0v) is 49.0. The van der Waals surface area contributed by atoms with Gasteiger partial charge in [-0.2, -0.15) is 0 Å². The summed E-state index contributed by atoms with van der Waals surface area (Å²) in [5, 5.41) is 0. The van der Waals surface area contributed by atoms with Crippen LogP contribution in [0.2, 0.25) is 0 Å². The van der Waals surface area contributed by atoms with Crippen molar-refractivity contribution < 1.29 is 0 Å². The van der Waals surface area contributed by atoms with Gasteiger partial charge in [-0.3, -0.25) is 29.9 Å². The highest BCUT2D eigenvalue weighted by Gasteiger charge is 2.15. The number of pyridine rings is 6. The van der Waals surface area contributed by atoms with Crippen LogP contribution in [-0.2, 0) is 0 Å². The van der Waals surface area contributed by atoms with Gasteiger partial charge in [0.1, 0.15) is 0 Å². The number of hydrogen-bond acceptors (Lipinski definition) is 6. The summed E-state index contributed by atoms with van der Waals surface area (Å²) < 4.78 is 0. The zero-order chi connectivity index (χ0) is 60.0. The molecule has 9 aromatic carbocycles. The number of hydrogen-bond donors (Lipinski definition) is 0. The van der Waals surface area contributed by atoms with Crippen molar-refractivity contribution in [3.05, 3.63) is 341 Å². The maximum atomic E-state index is 5.07. The summed E-state index contributed by atoms with van der Waals surface area (Å²) in [6, 6.07) is 99.7. The summed E-state index contributed by atoms with van der Waals surface area (Å²) >= 11 is 0. The van der Waals surface area contributed by atoms with Crippen LogP contribution in [0.5, 0.6) is 0 Å². The highest BCUT2D eigenvalue weighted by atomic mass is 14.7. The Balaban J connectivity index is 0.698. The van der Waals surface area contributed by atoms with Gasteiger partial charge in [0.15, 0.2) is 0 Å². The van der Waals surface area contributed by atoms with E-state index in [-0.39, 0.29) is 0 Å². The molecule has 15 rings (SSSR count). The third-order valence-electron chi connectivity index (χ3n) is 16.7. The van der Waals surface area contributed by atoms with E-state index in [1.54, 1.807) is 0 Å². The molecule has 90 heavy (non-hydrogen) atoms. The average Bonchev–Trinajstić information content (AvgIpc) is 3.48. The monoisotopic (exact) mass is 1150 g/mol. The fourth-order valence-corrected chi connectivity index (χ4v) is 12.0. The van der Waals surface area contributed by atoms with E-state index in [4.69, 9.17) is 9.97 Å². The van der Waals surface area contributed by atoms with E-state index in [9.17, 15) is 0 Å². The molecule has 0 spiro atoms. The second-order valence-electron chi connectivity index (χ2n) is 22.5. The van der Waals surface area contributed by atoms with Crippen LogP contribution in [0.4, 0.5) is 0 Å². The second-order valence-corrected chi connectivity index (χ2v) is 22.5. The predicted octanol–water partition coefficient (Wildman–Crippen LogP) is 21.4. The second kappa shape index (κ2) is 24.7. The van der Waals surface area contributed by atoms with Crippen LogP contribution in [0.25, 0.3) is 156 Å². The molecule has 0 saturated heterocycles. The molecule has 0 radical (unpaired) electrons. The lowest BCUT2D eigenvalue weighted by Crippen LogP contribution is -1.90. The van der Waals surface area contributed by atoms with E-state index in [0.717, 1.165) is 156 Å². The molecular formula is C84H56N6. The van der Waals surface area contributed by atoms with Gasteiger partial charge in [0, 0.05) is 106 Å². The lowest BCUT2D eigenvalue weighted by atomic mass is 9.90. The average molecular weight is 1150 g/mol. The molecule has 0 saturated carbocycles. The number of aromatic nitrogens is 6. The van der Waals surface area contributed by atoms with Gasteiger partial charge in [-0.25, -0.2) is 0 Å². The van der Waals surface area contributed by atoms with Crippen LogP contribution in [0.3, 0.4) is 0 Å². The summed E-state index contributed by atoms with van der Waals surface area (Å²) in [4.78, 5) is 27.7. The van der Waals surface area contributed by atoms with Crippen LogP contribution in [0.15, 0.2) is 341 Å². The van der Waals surface area contributed by atoms with Crippen molar-refractivity contribution in [2.24, 2.45) is 0 Å². The van der Waals surface area contributed by atoms with E-state index in [1.807, 2.05) is 86.2 Å². The summed E-state index contributed by atoms with van der Waals surface area (Å²) in [5.41, 5.74) is 30.4. The molecule has 6 nitrogen and oxygen atoms in total. The van der Waals surface area contributed by atoms with Crippen molar-refractivity contribution in [1.29, 1.82) is 0 Å². The van der Waals surface area contributed by atoms with Gasteiger partial charge in [-0.05, 0) is 215 Å². The molecule has 0 aliphatic rings. The predicted molar refractivity (Wildman–Crippen MR) is 369 cm³/mol. The minimum atomic E-state index is 0.888. The molecule has 0 fully saturated rings. The van der Waals surface area contributed by atoms with E-state index in [1.165, 1.54) is 0 Å². The van der Waals surface area contributed by atoms with Gasteiger partial charge in [0.25, 0.3) is 0 Å². The number of benzene rings is 9. The van der Waals surface area contributed by atoms with Crippen LogP contribution < -0.4 is 0 Å². The zero-order valence-electron chi connectivity index (χ0n) is 49.0. The molecule has 6 heteroatoms. The van der Waals surface area contributed by atoms with Crippen LogP contribution >= 0.6 is 0 Å². The smallest absolute Gasteiger partial charge is 0.0702 e. The molecule has 0 atom stereocenters. The first kappa shape index (κ1) is 54.5. The van der Waals surface area contributed by atoms with Crippen LogP contribution in [-0.4, -0.2) is 29.9 Å². The first-order valence-corrected chi connectivity index (χ1v) is 30.1. The first-order valence-electron chi connectivity index (χ1n) is 30.1. The molecule has 6 heterocycles. The van der Waals surface area contributed by atoms with Crippen LogP contribution in [0, 0.1) is 0 Å². The van der Waals surface area contributed by atoms with Crippen molar-refractivity contribution in [1.82, 2.24) is 29.9 Å². The van der Waals surface area contributed by atoms with E-state index < -0.39 is 0 Å². The minimum absolute atomic E-state index is 0.888. The Morgan fingerprint density at radius 3 is 0.511 bits per heavy atom. The van der Waals surface area contributed by atoms with Crippen LogP contribution in [0.1, 0.15) is 0 Å². The van der Waals surface area contributed by atoms with Gasteiger partial charge in [0.05, 0.1) is 11.4 Å². The molecule has 0 aliphatic heterocycles. The Kier molecular flexibility index (Phi) is 15.0. The van der Waals surface area contributed by atoms with Crippen molar-refractivity contribution in [2.45, 2.75) is 0 Å². The molecule has 422 valence electrons. The Bertz CT molecular complexity index is 4510. The third-order valence-corrected chi connectivity index (χ3v) is 16.7. The highest BCUT2D eigenvalue weighted by Crippen LogP contribution is 2.40. The molecule has 6 aromatic heterocycles. The number of nitrogens with zero attached hydrogens (tertiary/aromatic N) is 6. The number of rotatable bonds is 14. The Hall–Kier alpha value is -12.1. The molecule has 0 amide bonds. The first-order chi connectivity index (χ1) is 44.5. The standard InChI is InChI=1S/C84H56N6/c1-12-57(71-26-8-34-85-51-71)38-63(18-1)77-45-78(64-19-2-13-58(39-64)72-27-9-35-86-52-72)48-81(47-77)67-22-5-16-61(42-67)75-30-32-83(89-55-75)69-24-7-25-70(44-69)84-33-31-76(56-90-84)62-17-6-23-68(43-62)82-49-79(65-20-3-14-59(40-65)73-28-10-36-87-53-73)46-80(50-82)66-21-4-15-60(41-66)74-29-11-37-88-54-74/h1-56H. The molecule has 0 unspecified atom stereocenters. The van der Waals surface area contributed by atoms with Crippen molar-refractivity contribution in [2.75, 3.05) is 0 Å². The topological polar surface area (TPSA) is 77.3 Å². The lowest BCUT2D eigenvalue weighted by Gasteiger charge is -2.14. The van der Waals surface area contributed by atoms with E-state index in [2.05, 4.69) is 275 Å². The van der Waals surface area contributed by atoms with Gasteiger partial charge < -0.3 is 0 Å². The Morgan fingerprint density at radius 2 is 0.311 bits per heavy atom. The summed E-state index contributed by atoms with van der Waals surface area (Å²) in [5.74, 6) is 0. The maximum absolute atomic E-state index is 5.07. The lowest BCUT2D eigenvalue weighted by molar-refractivity contribution is 1.31. The minimum Gasteiger partial charge on any atom is -0.264 e. The summed E-state index contributed by atoms with van der Waals surface area (Å²) in [7, 11) is 0. The summed E-state index contributed by atoms with van der Waals surface area (Å²) in [6.45, 7) is 0. The van der Waals surface area contributed by atoms with Gasteiger partial charge in [-0.1, -0.05) is 164 Å². The summed E-state index contributed by atoms with van der Waals surface area (Å²) in [6.07, 6.45) is 18.9. The van der Waals surface area contributed by atoms with E-state index in [0.29, 0.717) is 0 Å². The quantitative estimate of drug-likeness (QED) is 0.108.